The van der Waals surface area contributed by atoms with Crippen molar-refractivity contribution in [3.05, 3.63) is 0 Å². The average molecular weight is 72.1 g/mol. The molecule has 0 aliphatic carbocycles. The van der Waals surface area contributed by atoms with Crippen molar-refractivity contribution in [3.8, 4) is 0 Å². The van der Waals surface area contributed by atoms with Crippen molar-refractivity contribution in [2.75, 3.05) is 0 Å². The molecule has 0 atom stereocenters. The predicted octanol–water partition coefficient (Wildman–Crippen LogP) is -0.0272. The predicted molar refractivity (Wildman–Crippen MR) is 18.3 cm³/mol. The molecule has 0 saturated carbocycles. The van der Waals surface area contributed by atoms with E-state index in [9.17, 15) is 0 Å². The van der Waals surface area contributed by atoms with Gasteiger partial charge in [-0.15, -0.1) is 0 Å². The van der Waals surface area contributed by atoms with Crippen molar-refractivity contribution < 1.29 is 4.79 Å². The molecule has 0 aromatic rings. The molecule has 0 saturated heterocycles. The van der Waals surface area contributed by atoms with Crippen LogP contribution in [0.15, 0.2) is 0 Å². The van der Waals surface area contributed by atoms with Crippen LogP contribution in [0.25, 0.3) is 0 Å². The molecule has 0 unspecified atom stereocenters. The van der Waals surface area contributed by atoms with Crippen molar-refractivity contribution in [2.24, 2.45) is 0 Å². The first-order valence-corrected chi connectivity index (χ1v) is 1.07. The largest absolute Gasteiger partial charge is 0.284 e. The first-order valence-electron chi connectivity index (χ1n) is 0.658. The minimum absolute atomic E-state index is 1.25. The lowest BCUT2D eigenvalue weighted by atomic mass is 10.9. The smallest absolute Gasteiger partial charge is 0.246 e. The average Bonchev–Trinajstić information content (AvgIpc) is 1.37. The highest BCUT2D eigenvalue weighted by atomic mass is 32.1. The Labute approximate surface area is 29.6 Å². The van der Waals surface area contributed by atoms with E-state index in [4.69, 9.17) is 4.79 Å². The van der Waals surface area contributed by atoms with Crippen LogP contribution in [0.4, 0.5) is 0 Å². The van der Waals surface area contributed by atoms with Crippen molar-refractivity contribution in [1.29, 1.82) is 0 Å². The molecule has 0 N–H and O–H groups in total. The SMILES string of the molecule is O=[C][C]=S. The second-order valence-corrected chi connectivity index (χ2v) is 0.408. The van der Waals surface area contributed by atoms with Crippen LogP contribution in [0.1, 0.15) is 0 Å². The molecule has 0 aromatic carbocycles. The van der Waals surface area contributed by atoms with Gasteiger partial charge >= 0.3 is 0 Å². The van der Waals surface area contributed by atoms with Gasteiger partial charge in [-0.25, -0.2) is 0 Å². The summed E-state index contributed by atoms with van der Waals surface area (Å²) in [6.45, 7) is 0. The molecule has 0 rings (SSSR count). The van der Waals surface area contributed by atoms with Gasteiger partial charge in [0.1, 0.15) is 5.37 Å². The van der Waals surface area contributed by atoms with Crippen LogP contribution in [0, 0.1) is 0 Å². The summed E-state index contributed by atoms with van der Waals surface area (Å²) >= 11 is 3.88. The normalized spacial score (nSPS) is 5.00. The van der Waals surface area contributed by atoms with Gasteiger partial charge < -0.3 is 0 Å². The molecule has 2 radical (unpaired) electrons. The zero-order valence-electron chi connectivity index (χ0n) is 1.82. The maximum Gasteiger partial charge on any atom is 0.246 e. The minimum atomic E-state index is 1.25. The first kappa shape index (κ1) is 3.76. The third kappa shape index (κ3) is 1.76. The van der Waals surface area contributed by atoms with E-state index in [-0.39, 0.29) is 0 Å². The van der Waals surface area contributed by atoms with E-state index in [0.717, 1.165) is 0 Å². The fourth-order valence-corrected chi connectivity index (χ4v) is 0. The summed E-state index contributed by atoms with van der Waals surface area (Å²) in [6.07, 6.45) is 1.25. The maximum absolute atomic E-state index is 8.83. The Kier molecular flexibility index (Phi) is 2.59. The van der Waals surface area contributed by atoms with Crippen molar-refractivity contribution in [3.63, 3.8) is 0 Å². The Morgan fingerprint density at radius 3 is 2.00 bits per heavy atom. The molecule has 0 aliphatic heterocycles. The fraction of sp³-hybridized carbons (Fsp3) is 0. The molecular weight excluding hydrogens is 72.1 g/mol. The summed E-state index contributed by atoms with van der Waals surface area (Å²) in [5, 5.41) is 1.71. The van der Waals surface area contributed by atoms with Gasteiger partial charge in [-0.05, 0) is 0 Å². The number of hydrogen-bond acceptors (Lipinski definition) is 2. The summed E-state index contributed by atoms with van der Waals surface area (Å²) in [5.74, 6) is 0. The lowest BCUT2D eigenvalue weighted by Crippen LogP contribution is -1.57. The van der Waals surface area contributed by atoms with Crippen LogP contribution in [-0.4, -0.2) is 11.7 Å². The van der Waals surface area contributed by atoms with Crippen molar-refractivity contribution in [1.82, 2.24) is 0 Å². The summed E-state index contributed by atoms with van der Waals surface area (Å²) < 4.78 is 0. The van der Waals surface area contributed by atoms with Crippen LogP contribution >= 0.6 is 12.2 Å². The van der Waals surface area contributed by atoms with E-state index >= 15 is 0 Å². The van der Waals surface area contributed by atoms with Crippen molar-refractivity contribution >= 4 is 23.9 Å². The van der Waals surface area contributed by atoms with Gasteiger partial charge in [0.15, 0.2) is 0 Å². The van der Waals surface area contributed by atoms with Gasteiger partial charge in [0.05, 0.1) is 0 Å². The van der Waals surface area contributed by atoms with Gasteiger partial charge in [0, 0.05) is 0 Å². The fourth-order valence-electron chi connectivity index (χ4n) is 0. The molecule has 1 nitrogen and oxygen atoms in total. The van der Waals surface area contributed by atoms with Gasteiger partial charge in [-0.3, -0.25) is 4.79 Å². The summed E-state index contributed by atoms with van der Waals surface area (Å²) in [4.78, 5) is 8.83. The zero-order chi connectivity index (χ0) is 3.41. The quantitative estimate of drug-likeness (QED) is 0.405. The maximum atomic E-state index is 8.83. The Bertz CT molecular complexity index is 27.0. The topological polar surface area (TPSA) is 17.1 Å². The highest BCUT2D eigenvalue weighted by molar-refractivity contribution is 7.80. The van der Waals surface area contributed by atoms with Gasteiger partial charge in [0.2, 0.25) is 6.29 Å². The zero-order valence-corrected chi connectivity index (χ0v) is 2.63. The van der Waals surface area contributed by atoms with Gasteiger partial charge in [0.25, 0.3) is 0 Å². The molecule has 0 aromatic heterocycles. The molecule has 0 bridgehead atoms. The lowest BCUT2D eigenvalue weighted by Gasteiger charge is -1.28. The molecule has 0 heterocycles. The van der Waals surface area contributed by atoms with Crippen LogP contribution < -0.4 is 0 Å². The number of carbonyl (C=O) groups excluding carboxylic acids is 1. The second kappa shape index (κ2) is 2.76. The Morgan fingerprint density at radius 1 is 1.75 bits per heavy atom. The standard InChI is InChI=1S/C2OS/c3-1-2-4. The molecule has 4 heavy (non-hydrogen) atoms. The van der Waals surface area contributed by atoms with Crippen LogP contribution in [0.5, 0.6) is 0 Å². The molecule has 0 aliphatic rings. The molecule has 0 spiro atoms. The van der Waals surface area contributed by atoms with E-state index in [1.807, 2.05) is 0 Å². The minimum Gasteiger partial charge on any atom is -0.284 e. The van der Waals surface area contributed by atoms with E-state index in [2.05, 4.69) is 12.2 Å². The first-order chi connectivity index (χ1) is 1.91. The Hall–Kier alpha value is -0.240. The molecule has 2 heteroatoms. The molecular formula is C2OS. The molecule has 0 fully saturated rings. The van der Waals surface area contributed by atoms with Gasteiger partial charge in [-0.2, -0.15) is 0 Å². The van der Waals surface area contributed by atoms with Crippen LogP contribution in [-0.2, 0) is 4.79 Å². The highest BCUT2D eigenvalue weighted by Gasteiger charge is 1.48. The third-order valence-corrected chi connectivity index (χ3v) is 0.125. The van der Waals surface area contributed by atoms with Crippen LogP contribution in [0.2, 0.25) is 0 Å². The number of hydrogen-bond donors (Lipinski definition) is 0. The van der Waals surface area contributed by atoms with E-state index in [1.165, 1.54) is 6.29 Å². The Morgan fingerprint density at radius 2 is 2.00 bits per heavy atom. The van der Waals surface area contributed by atoms with Crippen molar-refractivity contribution in [2.45, 2.75) is 0 Å². The van der Waals surface area contributed by atoms with E-state index in [1.54, 1.807) is 5.37 Å². The molecule has 0 amide bonds. The molecule has 20 valence electrons. The highest BCUT2D eigenvalue weighted by Crippen LogP contribution is 1.30. The van der Waals surface area contributed by atoms with Crippen LogP contribution in [0.3, 0.4) is 0 Å². The Balaban J connectivity index is 2.73. The monoisotopic (exact) mass is 72.0 g/mol. The van der Waals surface area contributed by atoms with E-state index in [0.29, 0.717) is 0 Å². The third-order valence-electron chi connectivity index (χ3n) is 0.0417. The number of thiocarbonyl (C=S) groups is 1. The van der Waals surface area contributed by atoms with Gasteiger partial charge in [-0.1, -0.05) is 12.2 Å². The summed E-state index contributed by atoms with van der Waals surface area (Å²) in [5.41, 5.74) is 0. The lowest BCUT2D eigenvalue weighted by molar-refractivity contribution is 0.568. The number of rotatable bonds is 1. The second-order valence-electron chi connectivity index (χ2n) is 0.204. The van der Waals surface area contributed by atoms with E-state index < -0.39 is 0 Å². The summed E-state index contributed by atoms with van der Waals surface area (Å²) in [6, 6.07) is 0. The summed E-state index contributed by atoms with van der Waals surface area (Å²) in [7, 11) is 0.